The van der Waals surface area contributed by atoms with Crippen LogP contribution in [0.4, 0.5) is 4.39 Å². The molecule has 0 radical (unpaired) electrons. The fraction of sp³-hybridized carbons (Fsp3) is 0.455. The van der Waals surface area contributed by atoms with Crippen molar-refractivity contribution in [1.82, 2.24) is 0 Å². The predicted octanol–water partition coefficient (Wildman–Crippen LogP) is 2.93. The highest BCUT2D eigenvalue weighted by Crippen LogP contribution is 2.44. The summed E-state index contributed by atoms with van der Waals surface area (Å²) in [5.41, 5.74) is 6.60. The summed E-state index contributed by atoms with van der Waals surface area (Å²) in [6, 6.07) is 2.85. The van der Waals surface area contributed by atoms with Gasteiger partial charge in [-0.15, -0.1) is 0 Å². The van der Waals surface area contributed by atoms with Crippen molar-refractivity contribution >= 4 is 15.9 Å². The first-order valence-electron chi connectivity index (χ1n) is 4.89. The Hall–Kier alpha value is -0.610. The smallest absolute Gasteiger partial charge is 0.136 e. The Morgan fingerprint density at radius 3 is 2.60 bits per heavy atom. The van der Waals surface area contributed by atoms with Crippen LogP contribution in [0.2, 0.25) is 0 Å². The topological polar surface area (TPSA) is 35.2 Å². The number of ether oxygens (including phenoxy) is 1. The van der Waals surface area contributed by atoms with Gasteiger partial charge in [0.05, 0.1) is 11.6 Å². The minimum atomic E-state index is -0.381. The third kappa shape index (κ3) is 1.76. The van der Waals surface area contributed by atoms with Crippen LogP contribution in [0, 0.1) is 5.82 Å². The molecule has 0 amide bonds. The fourth-order valence-electron chi connectivity index (χ4n) is 1.90. The zero-order valence-electron chi connectivity index (χ0n) is 8.52. The molecule has 2 nitrogen and oxygen atoms in total. The monoisotopic (exact) mass is 273 g/mol. The second-order valence-electron chi connectivity index (χ2n) is 3.98. The molecule has 0 heterocycles. The van der Waals surface area contributed by atoms with Gasteiger partial charge < -0.3 is 10.5 Å². The minimum Gasteiger partial charge on any atom is -0.495 e. The molecule has 1 aliphatic carbocycles. The van der Waals surface area contributed by atoms with Gasteiger partial charge in [-0.25, -0.2) is 4.39 Å². The summed E-state index contributed by atoms with van der Waals surface area (Å²) < 4.78 is 19.2. The molecule has 2 N–H and O–H groups in total. The zero-order valence-corrected chi connectivity index (χ0v) is 10.1. The van der Waals surface area contributed by atoms with Crippen molar-refractivity contribution in [3.05, 3.63) is 28.0 Å². The summed E-state index contributed by atoms with van der Waals surface area (Å²) in [5, 5.41) is 0. The van der Waals surface area contributed by atoms with E-state index in [0.29, 0.717) is 5.75 Å². The first kappa shape index (κ1) is 10.9. The second-order valence-corrected chi connectivity index (χ2v) is 4.77. The SMILES string of the molecule is COc1cc(F)cc(C2(N)CCC2)c1Br. The van der Waals surface area contributed by atoms with Crippen molar-refractivity contribution in [2.24, 2.45) is 5.73 Å². The molecule has 15 heavy (non-hydrogen) atoms. The Balaban J connectivity index is 2.50. The summed E-state index contributed by atoms with van der Waals surface area (Å²) in [6.45, 7) is 0. The van der Waals surface area contributed by atoms with Gasteiger partial charge in [0.25, 0.3) is 0 Å². The molecule has 1 saturated carbocycles. The number of methoxy groups -OCH3 is 1. The van der Waals surface area contributed by atoms with Gasteiger partial charge in [0.1, 0.15) is 11.6 Å². The van der Waals surface area contributed by atoms with Crippen LogP contribution in [-0.2, 0) is 5.54 Å². The third-order valence-corrected chi connectivity index (χ3v) is 3.82. The Labute approximate surface area is 96.7 Å². The molecule has 1 aromatic carbocycles. The van der Waals surface area contributed by atoms with E-state index in [0.717, 1.165) is 29.3 Å². The molecule has 1 fully saturated rings. The van der Waals surface area contributed by atoms with Gasteiger partial charge in [0.15, 0.2) is 0 Å². The van der Waals surface area contributed by atoms with Gasteiger partial charge in [-0.2, -0.15) is 0 Å². The van der Waals surface area contributed by atoms with E-state index in [-0.39, 0.29) is 11.4 Å². The van der Waals surface area contributed by atoms with Gasteiger partial charge in [-0.05, 0) is 46.8 Å². The van der Waals surface area contributed by atoms with Crippen LogP contribution in [-0.4, -0.2) is 7.11 Å². The highest BCUT2D eigenvalue weighted by Gasteiger charge is 2.37. The molecule has 0 unspecified atom stereocenters. The van der Waals surface area contributed by atoms with Crippen molar-refractivity contribution in [2.75, 3.05) is 7.11 Å². The van der Waals surface area contributed by atoms with E-state index in [1.807, 2.05) is 0 Å². The maximum atomic E-state index is 13.3. The summed E-state index contributed by atoms with van der Waals surface area (Å²) in [7, 11) is 1.52. The molecule has 0 bridgehead atoms. The molecule has 0 atom stereocenters. The molecule has 0 saturated heterocycles. The van der Waals surface area contributed by atoms with E-state index in [4.69, 9.17) is 10.5 Å². The molecule has 2 rings (SSSR count). The number of halogens is 2. The van der Waals surface area contributed by atoms with E-state index >= 15 is 0 Å². The first-order valence-corrected chi connectivity index (χ1v) is 5.68. The van der Waals surface area contributed by atoms with Gasteiger partial charge in [-0.1, -0.05) is 0 Å². The van der Waals surface area contributed by atoms with Crippen LogP contribution in [0.15, 0.2) is 16.6 Å². The van der Waals surface area contributed by atoms with Crippen LogP contribution in [0.25, 0.3) is 0 Å². The third-order valence-electron chi connectivity index (χ3n) is 3.01. The molecular formula is C11H13BrFNO. The predicted molar refractivity (Wildman–Crippen MR) is 60.4 cm³/mol. The standard InChI is InChI=1S/C11H13BrFNO/c1-15-9-6-7(13)5-8(10(9)12)11(14)3-2-4-11/h5-6H,2-4,14H2,1H3. The molecule has 0 spiro atoms. The highest BCUT2D eigenvalue weighted by atomic mass is 79.9. The maximum absolute atomic E-state index is 13.3. The summed E-state index contributed by atoms with van der Waals surface area (Å²) in [6.07, 6.45) is 2.90. The van der Waals surface area contributed by atoms with Crippen molar-refractivity contribution in [3.63, 3.8) is 0 Å². The van der Waals surface area contributed by atoms with E-state index in [2.05, 4.69) is 15.9 Å². The fourth-order valence-corrected chi connectivity index (χ4v) is 2.69. The van der Waals surface area contributed by atoms with Gasteiger partial charge in [-0.3, -0.25) is 0 Å². The van der Waals surface area contributed by atoms with Gasteiger partial charge >= 0.3 is 0 Å². The largest absolute Gasteiger partial charge is 0.495 e. The van der Waals surface area contributed by atoms with Gasteiger partial charge in [0, 0.05) is 11.6 Å². The van der Waals surface area contributed by atoms with Crippen molar-refractivity contribution in [1.29, 1.82) is 0 Å². The van der Waals surface area contributed by atoms with Crippen LogP contribution in [0.5, 0.6) is 5.75 Å². The summed E-state index contributed by atoms with van der Waals surface area (Å²) in [5.74, 6) is 0.198. The Bertz CT molecular complexity index is 390. The molecule has 0 aliphatic heterocycles. The van der Waals surface area contributed by atoms with E-state index in [1.54, 1.807) is 0 Å². The molecule has 1 aromatic rings. The van der Waals surface area contributed by atoms with Crippen LogP contribution in [0.3, 0.4) is 0 Å². The number of rotatable bonds is 2. The Kier molecular flexibility index (Phi) is 2.73. The first-order chi connectivity index (χ1) is 7.07. The lowest BCUT2D eigenvalue weighted by Gasteiger charge is -2.39. The van der Waals surface area contributed by atoms with Gasteiger partial charge in [0.2, 0.25) is 0 Å². The molecule has 4 heteroatoms. The van der Waals surface area contributed by atoms with Crippen LogP contribution >= 0.6 is 15.9 Å². The number of benzene rings is 1. The summed E-state index contributed by atoms with van der Waals surface area (Å²) >= 11 is 3.41. The average molecular weight is 274 g/mol. The molecular weight excluding hydrogens is 261 g/mol. The van der Waals surface area contributed by atoms with Crippen molar-refractivity contribution in [3.8, 4) is 5.75 Å². The van der Waals surface area contributed by atoms with E-state index in [9.17, 15) is 4.39 Å². The summed E-state index contributed by atoms with van der Waals surface area (Å²) in [4.78, 5) is 0. The van der Waals surface area contributed by atoms with Crippen LogP contribution < -0.4 is 10.5 Å². The zero-order chi connectivity index (χ0) is 11.1. The van der Waals surface area contributed by atoms with Crippen molar-refractivity contribution < 1.29 is 9.13 Å². The number of hydrogen-bond donors (Lipinski definition) is 1. The lowest BCUT2D eigenvalue weighted by atomic mass is 9.73. The van der Waals surface area contributed by atoms with E-state index < -0.39 is 0 Å². The van der Waals surface area contributed by atoms with Crippen LogP contribution in [0.1, 0.15) is 24.8 Å². The van der Waals surface area contributed by atoms with Crippen molar-refractivity contribution in [2.45, 2.75) is 24.8 Å². The van der Waals surface area contributed by atoms with E-state index in [1.165, 1.54) is 19.2 Å². The Morgan fingerprint density at radius 2 is 2.13 bits per heavy atom. The maximum Gasteiger partial charge on any atom is 0.136 e. The average Bonchev–Trinajstić information content (AvgIpc) is 2.17. The quantitative estimate of drug-likeness (QED) is 0.899. The lowest BCUT2D eigenvalue weighted by molar-refractivity contribution is 0.250. The Morgan fingerprint density at radius 1 is 1.47 bits per heavy atom. The molecule has 82 valence electrons. The normalized spacial score (nSPS) is 18.4. The number of hydrogen-bond acceptors (Lipinski definition) is 2. The minimum absolute atomic E-state index is 0.304. The molecule has 1 aliphatic rings. The second kappa shape index (κ2) is 3.76. The molecule has 0 aromatic heterocycles. The highest BCUT2D eigenvalue weighted by molar-refractivity contribution is 9.10. The number of nitrogens with two attached hydrogens (primary N) is 1. The lowest BCUT2D eigenvalue weighted by Crippen LogP contribution is -2.43.